The number of benzene rings is 1. The SMILES string of the molecule is COc1cc2nc(CN3CCOCC3)n(CC(=O)NC3CCC(C)CC3)c(=O)c2cc1OC. The summed E-state index contributed by atoms with van der Waals surface area (Å²) in [7, 11) is 3.08. The number of carbonyl (C=O) groups excluding carboxylic acids is 1. The van der Waals surface area contributed by atoms with E-state index in [1.165, 1.54) is 11.7 Å². The minimum absolute atomic E-state index is 0.0537. The highest BCUT2D eigenvalue weighted by atomic mass is 16.5. The van der Waals surface area contributed by atoms with Gasteiger partial charge in [-0.25, -0.2) is 4.98 Å². The molecule has 1 saturated carbocycles. The first-order valence-corrected chi connectivity index (χ1v) is 11.7. The molecule has 1 saturated heterocycles. The molecule has 0 bridgehead atoms. The third-order valence-electron chi connectivity index (χ3n) is 6.69. The number of nitrogens with zero attached hydrogens (tertiary/aromatic N) is 3. The van der Waals surface area contributed by atoms with Crippen LogP contribution in [0.25, 0.3) is 10.9 Å². The van der Waals surface area contributed by atoms with Gasteiger partial charge in [-0.2, -0.15) is 0 Å². The van der Waals surface area contributed by atoms with Crippen LogP contribution in [0.2, 0.25) is 0 Å². The molecule has 9 nitrogen and oxygen atoms in total. The molecule has 4 rings (SSSR count). The molecule has 33 heavy (non-hydrogen) atoms. The summed E-state index contributed by atoms with van der Waals surface area (Å²) in [5.41, 5.74) is 0.274. The number of ether oxygens (including phenoxy) is 3. The second-order valence-electron chi connectivity index (χ2n) is 9.06. The molecule has 2 aromatic rings. The summed E-state index contributed by atoms with van der Waals surface area (Å²) in [5.74, 6) is 2.08. The van der Waals surface area contributed by atoms with Gasteiger partial charge in [0.2, 0.25) is 5.91 Å². The van der Waals surface area contributed by atoms with Crippen LogP contribution in [0.1, 0.15) is 38.4 Å². The lowest BCUT2D eigenvalue weighted by Crippen LogP contribution is -2.42. The zero-order chi connectivity index (χ0) is 23.4. The lowest BCUT2D eigenvalue weighted by atomic mass is 9.87. The van der Waals surface area contributed by atoms with Gasteiger partial charge in [0.15, 0.2) is 11.5 Å². The highest BCUT2D eigenvalue weighted by Gasteiger charge is 2.23. The standard InChI is InChI=1S/C24H34N4O5/c1-16-4-6-17(7-5-16)25-23(29)15-28-22(14-27-8-10-33-11-9-27)26-19-13-21(32-3)20(31-2)12-18(19)24(28)30/h12-13,16-17H,4-11,14-15H2,1-3H3,(H,25,29). The van der Waals surface area contributed by atoms with Crippen LogP contribution in [0, 0.1) is 5.92 Å². The number of hydrogen-bond donors (Lipinski definition) is 1. The summed E-state index contributed by atoms with van der Waals surface area (Å²) < 4.78 is 17.7. The highest BCUT2D eigenvalue weighted by molar-refractivity contribution is 5.82. The maximum Gasteiger partial charge on any atom is 0.262 e. The molecule has 2 fully saturated rings. The molecule has 1 aromatic heterocycles. The van der Waals surface area contributed by atoms with Gasteiger partial charge in [-0.15, -0.1) is 0 Å². The van der Waals surface area contributed by atoms with E-state index in [1.54, 1.807) is 19.2 Å². The van der Waals surface area contributed by atoms with E-state index in [0.717, 1.165) is 38.8 Å². The molecule has 0 atom stereocenters. The largest absolute Gasteiger partial charge is 0.493 e. The van der Waals surface area contributed by atoms with Crippen LogP contribution >= 0.6 is 0 Å². The van der Waals surface area contributed by atoms with E-state index >= 15 is 0 Å². The molecule has 0 spiro atoms. The number of hydrogen-bond acceptors (Lipinski definition) is 7. The average Bonchev–Trinajstić information content (AvgIpc) is 2.83. The van der Waals surface area contributed by atoms with E-state index in [0.29, 0.717) is 53.9 Å². The maximum absolute atomic E-state index is 13.5. The maximum atomic E-state index is 13.5. The lowest BCUT2D eigenvalue weighted by molar-refractivity contribution is -0.122. The first kappa shape index (κ1) is 23.5. The Morgan fingerprint density at radius 3 is 2.45 bits per heavy atom. The molecule has 180 valence electrons. The number of morpholine rings is 1. The molecule has 1 aliphatic carbocycles. The Labute approximate surface area is 194 Å². The summed E-state index contributed by atoms with van der Waals surface area (Å²) in [6, 6.07) is 3.52. The van der Waals surface area contributed by atoms with Crippen molar-refractivity contribution in [2.75, 3.05) is 40.5 Å². The zero-order valence-electron chi connectivity index (χ0n) is 19.8. The van der Waals surface area contributed by atoms with Gasteiger partial charge in [0, 0.05) is 25.2 Å². The molecule has 1 aromatic carbocycles. The van der Waals surface area contributed by atoms with Gasteiger partial charge in [-0.3, -0.25) is 19.1 Å². The van der Waals surface area contributed by atoms with Gasteiger partial charge in [-0.05, 0) is 37.7 Å². The average molecular weight is 459 g/mol. The highest BCUT2D eigenvalue weighted by Crippen LogP contribution is 2.30. The van der Waals surface area contributed by atoms with Crippen LogP contribution < -0.4 is 20.3 Å². The monoisotopic (exact) mass is 458 g/mol. The van der Waals surface area contributed by atoms with E-state index < -0.39 is 0 Å². The Kier molecular flexibility index (Phi) is 7.49. The molecule has 2 aliphatic rings. The second-order valence-corrected chi connectivity index (χ2v) is 9.06. The van der Waals surface area contributed by atoms with Crippen molar-refractivity contribution < 1.29 is 19.0 Å². The van der Waals surface area contributed by atoms with Gasteiger partial charge in [-0.1, -0.05) is 6.92 Å². The first-order valence-electron chi connectivity index (χ1n) is 11.7. The third-order valence-corrected chi connectivity index (χ3v) is 6.69. The Balaban J connectivity index is 1.66. The summed E-state index contributed by atoms with van der Waals surface area (Å²) in [6.45, 7) is 5.46. The number of nitrogens with one attached hydrogen (secondary N) is 1. The topological polar surface area (TPSA) is 94.9 Å². The fourth-order valence-corrected chi connectivity index (χ4v) is 4.66. The van der Waals surface area contributed by atoms with Gasteiger partial charge in [0.1, 0.15) is 12.4 Å². The van der Waals surface area contributed by atoms with Crippen LogP contribution in [-0.4, -0.2) is 66.9 Å². The summed E-state index contributed by atoms with van der Waals surface area (Å²) in [4.78, 5) is 33.5. The smallest absolute Gasteiger partial charge is 0.262 e. The predicted octanol–water partition coefficient (Wildman–Crippen LogP) is 1.94. The Morgan fingerprint density at radius 2 is 1.79 bits per heavy atom. The molecule has 1 N–H and O–H groups in total. The summed E-state index contributed by atoms with van der Waals surface area (Å²) in [5, 5.41) is 3.53. The predicted molar refractivity (Wildman–Crippen MR) is 125 cm³/mol. The molecule has 2 heterocycles. The number of methoxy groups -OCH3 is 2. The minimum Gasteiger partial charge on any atom is -0.493 e. The van der Waals surface area contributed by atoms with Gasteiger partial charge in [0.05, 0.1) is 44.9 Å². The van der Waals surface area contributed by atoms with Crippen molar-refractivity contribution in [3.8, 4) is 11.5 Å². The van der Waals surface area contributed by atoms with Crippen molar-refractivity contribution in [1.82, 2.24) is 19.8 Å². The van der Waals surface area contributed by atoms with Crippen LogP contribution in [0.15, 0.2) is 16.9 Å². The summed E-state index contributed by atoms with van der Waals surface area (Å²) in [6.07, 6.45) is 4.20. The van der Waals surface area contributed by atoms with Gasteiger partial charge in [0.25, 0.3) is 5.56 Å². The van der Waals surface area contributed by atoms with E-state index in [9.17, 15) is 9.59 Å². The van der Waals surface area contributed by atoms with Crippen molar-refractivity contribution in [2.45, 2.75) is 51.7 Å². The van der Waals surface area contributed by atoms with E-state index in [-0.39, 0.29) is 24.1 Å². The van der Waals surface area contributed by atoms with Gasteiger partial charge < -0.3 is 19.5 Å². The summed E-state index contributed by atoms with van der Waals surface area (Å²) >= 11 is 0. The first-order chi connectivity index (χ1) is 16.0. The Hall–Kier alpha value is -2.65. The van der Waals surface area contributed by atoms with Crippen LogP contribution in [0.3, 0.4) is 0 Å². The fraction of sp³-hybridized carbons (Fsp3) is 0.625. The van der Waals surface area contributed by atoms with Crippen molar-refractivity contribution >= 4 is 16.8 Å². The second kappa shape index (κ2) is 10.5. The fourth-order valence-electron chi connectivity index (χ4n) is 4.66. The van der Waals surface area contributed by atoms with Crippen LogP contribution in [0.5, 0.6) is 11.5 Å². The number of amides is 1. The normalized spacial score (nSPS) is 21.7. The number of rotatable bonds is 7. The quantitative estimate of drug-likeness (QED) is 0.678. The van der Waals surface area contributed by atoms with Crippen molar-refractivity contribution in [1.29, 1.82) is 0 Å². The van der Waals surface area contributed by atoms with Crippen molar-refractivity contribution in [3.63, 3.8) is 0 Å². The van der Waals surface area contributed by atoms with Crippen molar-refractivity contribution in [2.24, 2.45) is 5.92 Å². The molecule has 0 radical (unpaired) electrons. The number of fused-ring (bicyclic) bond motifs is 1. The Morgan fingerprint density at radius 1 is 1.12 bits per heavy atom. The van der Waals surface area contributed by atoms with Crippen LogP contribution in [-0.2, 0) is 22.6 Å². The number of carbonyl (C=O) groups is 1. The van der Waals surface area contributed by atoms with Gasteiger partial charge >= 0.3 is 0 Å². The van der Waals surface area contributed by atoms with Crippen LogP contribution in [0.4, 0.5) is 0 Å². The van der Waals surface area contributed by atoms with Crippen molar-refractivity contribution in [3.05, 3.63) is 28.3 Å². The molecular formula is C24H34N4O5. The third kappa shape index (κ3) is 5.47. The Bertz CT molecular complexity index is 1040. The van der Waals surface area contributed by atoms with E-state index in [2.05, 4.69) is 17.1 Å². The zero-order valence-corrected chi connectivity index (χ0v) is 19.8. The number of aromatic nitrogens is 2. The lowest BCUT2D eigenvalue weighted by Gasteiger charge is -2.28. The molecule has 9 heteroatoms. The molecule has 0 unspecified atom stereocenters. The van der Waals surface area contributed by atoms with E-state index in [1.807, 2.05) is 0 Å². The molecule has 1 amide bonds. The molecular weight excluding hydrogens is 424 g/mol. The molecule has 1 aliphatic heterocycles. The van der Waals surface area contributed by atoms with E-state index in [4.69, 9.17) is 19.2 Å². The minimum atomic E-state index is -0.253.